The van der Waals surface area contributed by atoms with E-state index in [1.165, 1.54) is 38.2 Å². The molecule has 1 aliphatic rings. The number of hydrogen-bond acceptors (Lipinski definition) is 3. The van der Waals surface area contributed by atoms with Crippen molar-refractivity contribution in [3.63, 3.8) is 0 Å². The summed E-state index contributed by atoms with van der Waals surface area (Å²) in [5.41, 5.74) is 10.0. The van der Waals surface area contributed by atoms with Crippen LogP contribution >= 0.6 is 0 Å². The van der Waals surface area contributed by atoms with Crippen molar-refractivity contribution in [1.29, 1.82) is 0 Å². The van der Waals surface area contributed by atoms with Crippen molar-refractivity contribution in [3.8, 4) is 33.8 Å². The Labute approximate surface area is 256 Å². The van der Waals surface area contributed by atoms with Crippen molar-refractivity contribution in [3.05, 3.63) is 163 Å². The van der Waals surface area contributed by atoms with Gasteiger partial charge in [-0.3, -0.25) is 4.98 Å². The van der Waals surface area contributed by atoms with Crippen LogP contribution in [-0.2, 0) is 0 Å². The van der Waals surface area contributed by atoms with Crippen molar-refractivity contribution < 1.29 is 0 Å². The minimum Gasteiger partial charge on any atom is -0.264 e. The Morgan fingerprint density at radius 1 is 0.545 bits per heavy atom. The highest BCUT2D eigenvalue weighted by atomic mass is 14.9. The van der Waals surface area contributed by atoms with Crippen molar-refractivity contribution >= 4 is 32.7 Å². The fraction of sp³-hybridized carbons (Fsp3) is 0.0488. The maximum Gasteiger partial charge on any atom is 0.159 e. The number of benzene rings is 5. The van der Waals surface area contributed by atoms with E-state index in [1.807, 2.05) is 42.9 Å². The summed E-state index contributed by atoms with van der Waals surface area (Å²) in [6.07, 6.45) is 12.3. The smallest absolute Gasteiger partial charge is 0.159 e. The third-order valence-electron chi connectivity index (χ3n) is 8.49. The van der Waals surface area contributed by atoms with Gasteiger partial charge in [0.2, 0.25) is 0 Å². The van der Waals surface area contributed by atoms with E-state index in [-0.39, 0.29) is 0 Å². The third-order valence-corrected chi connectivity index (χ3v) is 8.49. The molecule has 0 saturated carbocycles. The molecule has 0 amide bonds. The van der Waals surface area contributed by atoms with E-state index in [0.29, 0.717) is 0 Å². The maximum absolute atomic E-state index is 5.24. The molecule has 2 aromatic heterocycles. The van der Waals surface area contributed by atoms with Crippen molar-refractivity contribution in [2.45, 2.75) is 12.8 Å². The third kappa shape index (κ3) is 4.79. The summed E-state index contributed by atoms with van der Waals surface area (Å²) in [6.45, 7) is 0. The molecule has 2 heterocycles. The zero-order valence-corrected chi connectivity index (χ0v) is 24.2. The highest BCUT2D eigenvalue weighted by Crippen LogP contribution is 2.39. The van der Waals surface area contributed by atoms with Crippen LogP contribution in [0.25, 0.3) is 66.5 Å². The Kier molecular flexibility index (Phi) is 6.62. The first-order valence-electron chi connectivity index (χ1n) is 15.1. The Balaban J connectivity index is 1.31. The van der Waals surface area contributed by atoms with E-state index in [4.69, 9.17) is 9.97 Å². The predicted octanol–water partition coefficient (Wildman–Crippen LogP) is 10.4. The summed E-state index contributed by atoms with van der Waals surface area (Å²) >= 11 is 0. The number of rotatable bonds is 5. The number of aromatic nitrogens is 3. The first kappa shape index (κ1) is 26.0. The first-order valence-corrected chi connectivity index (χ1v) is 15.1. The van der Waals surface area contributed by atoms with E-state index >= 15 is 0 Å². The molecule has 0 bridgehead atoms. The minimum absolute atomic E-state index is 0.721. The van der Waals surface area contributed by atoms with Gasteiger partial charge in [0.05, 0.1) is 5.69 Å². The zero-order chi connectivity index (χ0) is 29.3. The molecule has 0 atom stereocenters. The topological polar surface area (TPSA) is 38.7 Å². The number of allylic oxidation sites excluding steroid dienone is 4. The van der Waals surface area contributed by atoms with Gasteiger partial charge in [-0.25, -0.2) is 9.97 Å². The van der Waals surface area contributed by atoms with Crippen LogP contribution in [0, 0.1) is 0 Å². The lowest BCUT2D eigenvalue weighted by molar-refractivity contribution is 1.05. The van der Waals surface area contributed by atoms with Crippen LogP contribution in [0.4, 0.5) is 0 Å². The molecule has 8 rings (SSSR count). The molecule has 1 aliphatic carbocycles. The Morgan fingerprint density at radius 2 is 1.30 bits per heavy atom. The van der Waals surface area contributed by atoms with Gasteiger partial charge in [0.15, 0.2) is 5.82 Å². The molecule has 3 heteroatoms. The van der Waals surface area contributed by atoms with Gasteiger partial charge < -0.3 is 0 Å². The largest absolute Gasteiger partial charge is 0.264 e. The van der Waals surface area contributed by atoms with Gasteiger partial charge in [-0.15, -0.1) is 0 Å². The van der Waals surface area contributed by atoms with Crippen LogP contribution in [0.15, 0.2) is 152 Å². The second-order valence-corrected chi connectivity index (χ2v) is 11.2. The molecule has 0 unspecified atom stereocenters. The molecule has 0 fully saturated rings. The highest BCUT2D eigenvalue weighted by molar-refractivity contribution is 6.13. The van der Waals surface area contributed by atoms with E-state index in [9.17, 15) is 0 Å². The summed E-state index contributed by atoms with van der Waals surface area (Å²) in [4.78, 5) is 14.5. The fourth-order valence-electron chi connectivity index (χ4n) is 6.34. The van der Waals surface area contributed by atoms with Gasteiger partial charge in [0.25, 0.3) is 0 Å². The van der Waals surface area contributed by atoms with Crippen molar-refractivity contribution in [2.75, 3.05) is 0 Å². The summed E-state index contributed by atoms with van der Waals surface area (Å²) < 4.78 is 0. The van der Waals surface area contributed by atoms with Gasteiger partial charge in [-0.1, -0.05) is 115 Å². The normalized spacial score (nSPS) is 13.1. The Morgan fingerprint density at radius 3 is 2.16 bits per heavy atom. The fourth-order valence-corrected chi connectivity index (χ4v) is 6.34. The lowest BCUT2D eigenvalue weighted by atomic mass is 9.89. The number of fused-ring (bicyclic) bond motifs is 3. The average Bonchev–Trinajstić information content (AvgIpc) is 3.12. The van der Waals surface area contributed by atoms with E-state index < -0.39 is 0 Å². The van der Waals surface area contributed by atoms with Crippen LogP contribution in [0.2, 0.25) is 0 Å². The molecule has 0 spiro atoms. The molecular formula is C41H29N3. The summed E-state index contributed by atoms with van der Waals surface area (Å²) in [5, 5.41) is 5.02. The maximum atomic E-state index is 5.24. The quantitative estimate of drug-likeness (QED) is 0.196. The van der Waals surface area contributed by atoms with E-state index in [1.54, 1.807) is 0 Å². The zero-order valence-electron chi connectivity index (χ0n) is 24.2. The van der Waals surface area contributed by atoms with E-state index in [2.05, 4.69) is 114 Å². The lowest BCUT2D eigenvalue weighted by Crippen LogP contribution is -2.00. The second kappa shape index (κ2) is 11.2. The average molecular weight is 564 g/mol. The summed E-state index contributed by atoms with van der Waals surface area (Å²) in [7, 11) is 0. The molecular weight excluding hydrogens is 534 g/mol. The second-order valence-electron chi connectivity index (χ2n) is 11.2. The number of pyridine rings is 1. The van der Waals surface area contributed by atoms with Gasteiger partial charge in [0, 0.05) is 35.3 Å². The van der Waals surface area contributed by atoms with Crippen LogP contribution in [0.5, 0.6) is 0 Å². The van der Waals surface area contributed by atoms with Gasteiger partial charge in [-0.05, 0) is 80.4 Å². The first-order chi connectivity index (χ1) is 21.8. The van der Waals surface area contributed by atoms with Gasteiger partial charge in [0.1, 0.15) is 0 Å². The Hall–Kier alpha value is -5.67. The van der Waals surface area contributed by atoms with Crippen LogP contribution in [-0.4, -0.2) is 15.0 Å². The highest BCUT2D eigenvalue weighted by Gasteiger charge is 2.18. The molecule has 0 radical (unpaired) electrons. The number of hydrogen-bond donors (Lipinski definition) is 0. The van der Waals surface area contributed by atoms with Crippen LogP contribution in [0.3, 0.4) is 0 Å². The summed E-state index contributed by atoms with van der Waals surface area (Å²) in [5.74, 6) is 0.721. The molecule has 0 N–H and O–H groups in total. The predicted molar refractivity (Wildman–Crippen MR) is 183 cm³/mol. The summed E-state index contributed by atoms with van der Waals surface area (Å²) in [6, 6.07) is 42.8. The standard InChI is InChI=1S/C41H29N3/c1-2-11-28(12-3-1)41-43-27-39(31-16-8-14-29(23-31)34-18-10-22-42-26-34)40(44-41)33-17-9-15-30(24-33)38-25-32-13-4-5-19-35(32)36-20-6-7-21-37(36)38/h1-7,9-13,15-27H,8,14H2. The van der Waals surface area contributed by atoms with Crippen LogP contribution < -0.4 is 0 Å². The van der Waals surface area contributed by atoms with Crippen molar-refractivity contribution in [2.24, 2.45) is 0 Å². The van der Waals surface area contributed by atoms with Gasteiger partial charge >= 0.3 is 0 Å². The molecule has 7 aromatic rings. The minimum atomic E-state index is 0.721. The number of nitrogens with zero attached hydrogens (tertiary/aromatic N) is 3. The van der Waals surface area contributed by atoms with Crippen LogP contribution in [0.1, 0.15) is 24.0 Å². The lowest BCUT2D eigenvalue weighted by Gasteiger charge is -2.18. The van der Waals surface area contributed by atoms with E-state index in [0.717, 1.165) is 52.2 Å². The Bertz CT molecular complexity index is 2210. The molecule has 0 saturated heterocycles. The molecule has 5 aromatic carbocycles. The molecule has 44 heavy (non-hydrogen) atoms. The van der Waals surface area contributed by atoms with Gasteiger partial charge in [-0.2, -0.15) is 0 Å². The molecule has 0 aliphatic heterocycles. The monoisotopic (exact) mass is 563 g/mol. The molecule has 3 nitrogen and oxygen atoms in total. The molecule has 208 valence electrons. The van der Waals surface area contributed by atoms with Crippen molar-refractivity contribution in [1.82, 2.24) is 15.0 Å². The SMILES string of the molecule is C1=C(c2cccnc2)CCC=C1c1cnc(-c2ccccc2)nc1-c1cccc(-c2cc3ccccc3c3ccccc23)c1.